The van der Waals surface area contributed by atoms with Crippen molar-refractivity contribution in [3.05, 3.63) is 65.2 Å². The molecule has 2 aromatic rings. The zero-order chi connectivity index (χ0) is 21.2. The molecule has 152 valence electrons. The quantitative estimate of drug-likeness (QED) is 0.644. The Balaban J connectivity index is 1.64. The first-order chi connectivity index (χ1) is 13.8. The Morgan fingerprint density at radius 1 is 0.931 bits per heavy atom. The van der Waals surface area contributed by atoms with Gasteiger partial charge in [-0.2, -0.15) is 0 Å². The van der Waals surface area contributed by atoms with Crippen molar-refractivity contribution in [3.63, 3.8) is 0 Å². The lowest BCUT2D eigenvalue weighted by molar-refractivity contribution is -0.145. The molecule has 0 aliphatic carbocycles. The summed E-state index contributed by atoms with van der Waals surface area (Å²) >= 11 is 1.07. The molecule has 29 heavy (non-hydrogen) atoms. The monoisotopic (exact) mass is 414 g/mol. The average molecular weight is 414 g/mol. The van der Waals surface area contributed by atoms with Crippen molar-refractivity contribution in [2.45, 2.75) is 13.8 Å². The predicted octanol–water partition coefficient (Wildman–Crippen LogP) is 2.47. The number of hydrogen-bond donors (Lipinski definition) is 2. The highest BCUT2D eigenvalue weighted by atomic mass is 32.2. The van der Waals surface area contributed by atoms with Gasteiger partial charge in [0.2, 0.25) is 5.91 Å². The van der Waals surface area contributed by atoms with E-state index in [0.29, 0.717) is 5.56 Å². The number of esters is 1. The molecule has 0 bridgehead atoms. The van der Waals surface area contributed by atoms with Gasteiger partial charge in [0, 0.05) is 11.3 Å². The molecule has 3 amide bonds. The second-order valence-corrected chi connectivity index (χ2v) is 7.25. The first-order valence-corrected chi connectivity index (χ1v) is 10.0. The molecule has 0 heterocycles. The molecule has 0 aliphatic heterocycles. The summed E-state index contributed by atoms with van der Waals surface area (Å²) in [6.07, 6.45) is 0. The van der Waals surface area contributed by atoms with Crippen molar-refractivity contribution in [2.75, 3.05) is 23.4 Å². The van der Waals surface area contributed by atoms with Crippen LogP contribution in [-0.4, -0.2) is 41.8 Å². The van der Waals surface area contributed by atoms with Crippen molar-refractivity contribution in [3.8, 4) is 0 Å². The van der Waals surface area contributed by atoms with Crippen LogP contribution in [0.1, 0.15) is 21.5 Å². The lowest BCUT2D eigenvalue weighted by atomic mass is 10.1. The number of aryl methyl sites for hydroxylation is 2. The molecule has 7 nitrogen and oxygen atoms in total. The van der Waals surface area contributed by atoms with Gasteiger partial charge < -0.3 is 10.1 Å². The summed E-state index contributed by atoms with van der Waals surface area (Å²) in [4.78, 5) is 47.2. The van der Waals surface area contributed by atoms with E-state index >= 15 is 0 Å². The molecule has 2 rings (SSSR count). The third kappa shape index (κ3) is 7.79. The van der Waals surface area contributed by atoms with Crippen LogP contribution >= 0.6 is 11.8 Å². The minimum absolute atomic E-state index is 0.0705. The Kier molecular flexibility index (Phi) is 8.42. The standard InChI is InChI=1S/C21H22N2O5S/c1-14-8-9-17(15(2)10-14)22-19(25)12-29-13-20(26)28-11-18(24)23-21(27)16-6-4-3-5-7-16/h3-10H,11-13H2,1-2H3,(H,22,25)(H,23,24,27). The number of carbonyl (C=O) groups is 4. The number of imide groups is 1. The largest absolute Gasteiger partial charge is 0.455 e. The van der Waals surface area contributed by atoms with E-state index in [4.69, 9.17) is 4.74 Å². The summed E-state index contributed by atoms with van der Waals surface area (Å²) in [5.41, 5.74) is 3.12. The SMILES string of the molecule is Cc1ccc(NC(=O)CSCC(=O)OCC(=O)NC(=O)c2ccccc2)c(C)c1. The zero-order valence-corrected chi connectivity index (χ0v) is 17.0. The summed E-state index contributed by atoms with van der Waals surface area (Å²) in [6, 6.07) is 13.9. The van der Waals surface area contributed by atoms with Crippen molar-refractivity contribution in [1.29, 1.82) is 0 Å². The first kappa shape index (κ1) is 22.2. The Morgan fingerprint density at radius 3 is 2.34 bits per heavy atom. The summed E-state index contributed by atoms with van der Waals surface area (Å²) in [7, 11) is 0. The molecule has 0 atom stereocenters. The van der Waals surface area contributed by atoms with E-state index in [9.17, 15) is 19.2 Å². The summed E-state index contributed by atoms with van der Waals surface area (Å²) in [5, 5.41) is 4.92. The van der Waals surface area contributed by atoms with Crippen molar-refractivity contribution in [2.24, 2.45) is 0 Å². The number of anilines is 1. The van der Waals surface area contributed by atoms with E-state index in [-0.39, 0.29) is 17.4 Å². The molecule has 0 unspecified atom stereocenters. The van der Waals surface area contributed by atoms with E-state index < -0.39 is 24.4 Å². The third-order valence-electron chi connectivity index (χ3n) is 3.76. The van der Waals surface area contributed by atoms with Crippen LogP contribution in [0, 0.1) is 13.8 Å². The van der Waals surface area contributed by atoms with Crippen LogP contribution in [0.15, 0.2) is 48.5 Å². The van der Waals surface area contributed by atoms with E-state index in [1.165, 1.54) is 0 Å². The number of rotatable bonds is 8. The highest BCUT2D eigenvalue weighted by Gasteiger charge is 2.13. The van der Waals surface area contributed by atoms with Gasteiger partial charge in [0.25, 0.3) is 11.8 Å². The number of nitrogens with one attached hydrogen (secondary N) is 2. The molecule has 0 spiro atoms. The van der Waals surface area contributed by atoms with Gasteiger partial charge in [0.05, 0.1) is 11.5 Å². The molecule has 8 heteroatoms. The van der Waals surface area contributed by atoms with Gasteiger partial charge in [0.15, 0.2) is 6.61 Å². The second kappa shape index (κ2) is 11.0. The lowest BCUT2D eigenvalue weighted by Crippen LogP contribution is -2.34. The highest BCUT2D eigenvalue weighted by Crippen LogP contribution is 2.16. The molecular formula is C21H22N2O5S. The number of hydrogen-bond acceptors (Lipinski definition) is 6. The fourth-order valence-corrected chi connectivity index (χ4v) is 2.99. The predicted molar refractivity (Wildman–Crippen MR) is 112 cm³/mol. The molecular weight excluding hydrogens is 392 g/mol. The van der Waals surface area contributed by atoms with Gasteiger partial charge in [0.1, 0.15) is 0 Å². The van der Waals surface area contributed by atoms with Crippen molar-refractivity contribution in [1.82, 2.24) is 5.32 Å². The molecule has 0 fully saturated rings. The smallest absolute Gasteiger partial charge is 0.316 e. The maximum Gasteiger partial charge on any atom is 0.316 e. The van der Waals surface area contributed by atoms with Crippen molar-refractivity contribution < 1.29 is 23.9 Å². The van der Waals surface area contributed by atoms with E-state index in [2.05, 4.69) is 10.6 Å². The number of thioether (sulfide) groups is 1. The lowest BCUT2D eigenvalue weighted by Gasteiger charge is -2.09. The Bertz CT molecular complexity index is 899. The first-order valence-electron chi connectivity index (χ1n) is 8.85. The third-order valence-corrected chi connectivity index (χ3v) is 4.67. The number of amides is 3. The minimum atomic E-state index is -0.718. The zero-order valence-electron chi connectivity index (χ0n) is 16.2. The van der Waals surface area contributed by atoms with Gasteiger partial charge in [-0.1, -0.05) is 35.9 Å². The summed E-state index contributed by atoms with van der Waals surface area (Å²) in [5.74, 6) is -2.17. The van der Waals surface area contributed by atoms with Crippen LogP contribution in [0.25, 0.3) is 0 Å². The van der Waals surface area contributed by atoms with E-state index in [1.54, 1.807) is 30.3 Å². The molecule has 2 aromatic carbocycles. The molecule has 0 saturated heterocycles. The molecule has 2 N–H and O–H groups in total. The minimum Gasteiger partial charge on any atom is -0.455 e. The number of benzene rings is 2. The fraction of sp³-hybridized carbons (Fsp3) is 0.238. The number of carbonyl (C=O) groups excluding carboxylic acids is 4. The van der Waals surface area contributed by atoms with Crippen LogP contribution in [0.4, 0.5) is 5.69 Å². The fourth-order valence-electron chi connectivity index (χ4n) is 2.38. The topological polar surface area (TPSA) is 102 Å². The second-order valence-electron chi connectivity index (χ2n) is 6.26. The van der Waals surface area contributed by atoms with Crippen LogP contribution in [-0.2, 0) is 19.1 Å². The van der Waals surface area contributed by atoms with Gasteiger partial charge in [-0.3, -0.25) is 24.5 Å². The van der Waals surface area contributed by atoms with E-state index in [0.717, 1.165) is 28.6 Å². The average Bonchev–Trinajstić information content (AvgIpc) is 2.69. The summed E-state index contributed by atoms with van der Waals surface area (Å²) < 4.78 is 4.82. The Morgan fingerprint density at radius 2 is 1.66 bits per heavy atom. The Hall–Kier alpha value is -3.13. The number of ether oxygens (including phenoxy) is 1. The van der Waals surface area contributed by atoms with Gasteiger partial charge in [-0.05, 0) is 37.6 Å². The maximum atomic E-state index is 12.0. The van der Waals surface area contributed by atoms with Crippen LogP contribution < -0.4 is 10.6 Å². The molecule has 0 saturated carbocycles. The maximum absolute atomic E-state index is 12.0. The van der Waals surface area contributed by atoms with E-state index in [1.807, 2.05) is 32.0 Å². The molecule has 0 aromatic heterocycles. The van der Waals surface area contributed by atoms with Crippen LogP contribution in [0.5, 0.6) is 0 Å². The van der Waals surface area contributed by atoms with Crippen molar-refractivity contribution >= 4 is 41.1 Å². The molecule has 0 radical (unpaired) electrons. The normalized spacial score (nSPS) is 10.1. The van der Waals surface area contributed by atoms with Crippen LogP contribution in [0.3, 0.4) is 0 Å². The van der Waals surface area contributed by atoms with Gasteiger partial charge >= 0.3 is 5.97 Å². The summed E-state index contributed by atoms with van der Waals surface area (Å²) in [6.45, 7) is 3.31. The highest BCUT2D eigenvalue weighted by molar-refractivity contribution is 8.00. The van der Waals surface area contributed by atoms with Gasteiger partial charge in [-0.25, -0.2) is 0 Å². The Labute approximate surface area is 173 Å². The van der Waals surface area contributed by atoms with Crippen LogP contribution in [0.2, 0.25) is 0 Å². The van der Waals surface area contributed by atoms with Gasteiger partial charge in [-0.15, -0.1) is 11.8 Å². The molecule has 0 aliphatic rings.